The number of hydrogen-bond acceptors (Lipinski definition) is 4. The van der Waals surface area contributed by atoms with Crippen LogP contribution in [0.2, 0.25) is 0 Å². The second kappa shape index (κ2) is 3.83. The first-order valence-electron chi connectivity index (χ1n) is 4.77. The summed E-state index contributed by atoms with van der Waals surface area (Å²) in [5.74, 6) is 0.723. The summed E-state index contributed by atoms with van der Waals surface area (Å²) in [4.78, 5) is 0. The number of rotatable bonds is 3. The second-order valence-corrected chi connectivity index (χ2v) is 5.97. The van der Waals surface area contributed by atoms with Crippen LogP contribution in [0, 0.1) is 0 Å². The summed E-state index contributed by atoms with van der Waals surface area (Å²) in [5.41, 5.74) is 1.04. The molecule has 1 saturated heterocycles. The van der Waals surface area contributed by atoms with Crippen LogP contribution in [0.1, 0.15) is 5.56 Å². The molecule has 1 aromatic carbocycles. The Morgan fingerprint density at radius 3 is 2.40 bits per heavy atom. The van der Waals surface area contributed by atoms with E-state index in [1.54, 1.807) is 12.1 Å². The summed E-state index contributed by atoms with van der Waals surface area (Å²) in [6.07, 6.45) is 0. The Kier molecular flexibility index (Phi) is 2.67. The van der Waals surface area contributed by atoms with Crippen LogP contribution >= 0.6 is 0 Å². The molecule has 1 aliphatic rings. The fourth-order valence-corrected chi connectivity index (χ4v) is 2.92. The Balaban J connectivity index is 1.82. The largest absolute Gasteiger partial charge is 0.508 e. The van der Waals surface area contributed by atoms with Gasteiger partial charge in [-0.2, -0.15) is 0 Å². The molecule has 1 heterocycles. The zero-order valence-electron chi connectivity index (χ0n) is 8.18. The van der Waals surface area contributed by atoms with Crippen LogP contribution in [0.5, 0.6) is 5.75 Å². The number of aromatic hydroxyl groups is 1. The third-order valence-electron chi connectivity index (χ3n) is 2.44. The van der Waals surface area contributed by atoms with Gasteiger partial charge in [0.05, 0.1) is 11.5 Å². The number of phenols is 1. The van der Waals surface area contributed by atoms with Gasteiger partial charge in [0.2, 0.25) is 0 Å². The van der Waals surface area contributed by atoms with Crippen molar-refractivity contribution in [1.29, 1.82) is 0 Å². The van der Waals surface area contributed by atoms with Crippen molar-refractivity contribution in [2.75, 3.05) is 11.5 Å². The molecule has 0 aromatic heterocycles. The van der Waals surface area contributed by atoms with E-state index < -0.39 is 9.84 Å². The summed E-state index contributed by atoms with van der Waals surface area (Å²) in [7, 11) is -2.74. The molecule has 0 spiro atoms. The minimum atomic E-state index is -2.74. The van der Waals surface area contributed by atoms with Gasteiger partial charge in [-0.15, -0.1) is 0 Å². The highest BCUT2D eigenvalue weighted by molar-refractivity contribution is 7.92. The van der Waals surface area contributed by atoms with Gasteiger partial charge in [0.25, 0.3) is 0 Å². The van der Waals surface area contributed by atoms with Crippen LogP contribution in [0.15, 0.2) is 24.3 Å². The molecule has 2 N–H and O–H groups in total. The molecule has 2 rings (SSSR count). The summed E-state index contributed by atoms with van der Waals surface area (Å²) >= 11 is 0. The molecule has 0 aliphatic carbocycles. The molecule has 0 atom stereocenters. The first-order valence-corrected chi connectivity index (χ1v) is 6.59. The first kappa shape index (κ1) is 10.4. The van der Waals surface area contributed by atoms with Crippen molar-refractivity contribution in [1.82, 2.24) is 5.32 Å². The van der Waals surface area contributed by atoms with Crippen molar-refractivity contribution in [3.8, 4) is 5.75 Å². The van der Waals surface area contributed by atoms with Crippen molar-refractivity contribution in [2.24, 2.45) is 0 Å². The zero-order valence-corrected chi connectivity index (χ0v) is 9.00. The molecule has 4 nitrogen and oxygen atoms in total. The maximum absolute atomic E-state index is 10.9. The molecule has 0 radical (unpaired) electrons. The van der Waals surface area contributed by atoms with E-state index in [4.69, 9.17) is 5.11 Å². The Hall–Kier alpha value is -1.07. The van der Waals surface area contributed by atoms with E-state index >= 15 is 0 Å². The number of nitrogens with one attached hydrogen (secondary N) is 1. The standard InChI is InChI=1S/C10H13NO3S/c12-10-3-1-8(2-4-10)5-11-9-6-15(13,14)7-9/h1-4,9,11-12H,5-7H2. The Morgan fingerprint density at radius 2 is 1.87 bits per heavy atom. The van der Waals surface area contributed by atoms with Crippen molar-refractivity contribution in [2.45, 2.75) is 12.6 Å². The Morgan fingerprint density at radius 1 is 1.27 bits per heavy atom. The van der Waals surface area contributed by atoms with Crippen molar-refractivity contribution in [3.63, 3.8) is 0 Å². The highest BCUT2D eigenvalue weighted by atomic mass is 32.2. The Bertz CT molecular complexity index is 426. The van der Waals surface area contributed by atoms with Gasteiger partial charge in [-0.25, -0.2) is 8.42 Å². The smallest absolute Gasteiger partial charge is 0.153 e. The number of phenolic OH excluding ortho intramolecular Hbond substituents is 1. The van der Waals surface area contributed by atoms with E-state index in [0.29, 0.717) is 6.54 Å². The Labute approximate surface area is 88.9 Å². The highest BCUT2D eigenvalue weighted by Crippen LogP contribution is 2.13. The normalized spacial score (nSPS) is 19.7. The van der Waals surface area contributed by atoms with Crippen molar-refractivity contribution in [3.05, 3.63) is 29.8 Å². The monoisotopic (exact) mass is 227 g/mol. The highest BCUT2D eigenvalue weighted by Gasteiger charge is 2.32. The lowest BCUT2D eigenvalue weighted by Gasteiger charge is -2.26. The second-order valence-electron chi connectivity index (χ2n) is 3.82. The van der Waals surface area contributed by atoms with E-state index in [-0.39, 0.29) is 23.3 Å². The number of hydrogen-bond donors (Lipinski definition) is 2. The fraction of sp³-hybridized carbons (Fsp3) is 0.400. The van der Waals surface area contributed by atoms with Gasteiger partial charge in [0.15, 0.2) is 9.84 Å². The number of sulfone groups is 1. The fourth-order valence-electron chi connectivity index (χ4n) is 1.56. The summed E-state index contributed by atoms with van der Waals surface area (Å²) < 4.78 is 21.8. The van der Waals surface area contributed by atoms with E-state index in [1.165, 1.54) is 0 Å². The molecule has 0 saturated carbocycles. The quantitative estimate of drug-likeness (QED) is 0.778. The number of benzene rings is 1. The lowest BCUT2D eigenvalue weighted by molar-refractivity contribution is 0.474. The van der Waals surface area contributed by atoms with Gasteiger partial charge in [-0.05, 0) is 17.7 Å². The van der Waals surface area contributed by atoms with E-state index in [2.05, 4.69) is 5.32 Å². The summed E-state index contributed by atoms with van der Waals surface area (Å²) in [6.45, 7) is 0.639. The van der Waals surface area contributed by atoms with Crippen molar-refractivity contribution < 1.29 is 13.5 Å². The molecule has 0 unspecified atom stereocenters. The van der Waals surface area contributed by atoms with E-state index in [1.807, 2.05) is 12.1 Å². The maximum atomic E-state index is 10.9. The third kappa shape index (κ3) is 2.70. The summed E-state index contributed by atoms with van der Waals surface area (Å²) in [6, 6.07) is 6.96. The molecule has 15 heavy (non-hydrogen) atoms. The predicted molar refractivity (Wildman–Crippen MR) is 57.4 cm³/mol. The zero-order chi connectivity index (χ0) is 10.9. The van der Waals surface area contributed by atoms with Gasteiger partial charge in [-0.3, -0.25) is 0 Å². The lowest BCUT2D eigenvalue weighted by Crippen LogP contribution is -2.50. The lowest BCUT2D eigenvalue weighted by atomic mass is 10.2. The SMILES string of the molecule is O=S1(=O)CC(NCc2ccc(O)cc2)C1. The van der Waals surface area contributed by atoms with Gasteiger partial charge in [0, 0.05) is 12.6 Å². The van der Waals surface area contributed by atoms with Gasteiger partial charge in [0.1, 0.15) is 5.75 Å². The van der Waals surface area contributed by atoms with E-state index in [9.17, 15) is 8.42 Å². The molecule has 0 amide bonds. The molecule has 1 fully saturated rings. The molecular weight excluding hydrogens is 214 g/mol. The molecule has 82 valence electrons. The van der Waals surface area contributed by atoms with Crippen LogP contribution in [-0.2, 0) is 16.4 Å². The van der Waals surface area contributed by atoms with Crippen LogP contribution in [0.3, 0.4) is 0 Å². The predicted octanol–water partition coefficient (Wildman–Crippen LogP) is 0.279. The molecular formula is C10H13NO3S. The molecule has 5 heteroatoms. The average molecular weight is 227 g/mol. The average Bonchev–Trinajstić information content (AvgIpc) is 2.14. The van der Waals surface area contributed by atoms with Crippen LogP contribution in [0.25, 0.3) is 0 Å². The van der Waals surface area contributed by atoms with Gasteiger partial charge >= 0.3 is 0 Å². The third-order valence-corrected chi connectivity index (χ3v) is 4.26. The molecule has 0 bridgehead atoms. The van der Waals surface area contributed by atoms with E-state index in [0.717, 1.165) is 5.56 Å². The van der Waals surface area contributed by atoms with Gasteiger partial charge < -0.3 is 10.4 Å². The topological polar surface area (TPSA) is 66.4 Å². The molecule has 1 aromatic rings. The van der Waals surface area contributed by atoms with Crippen LogP contribution in [-0.4, -0.2) is 31.1 Å². The molecule has 1 aliphatic heterocycles. The first-order chi connectivity index (χ1) is 7.05. The van der Waals surface area contributed by atoms with Crippen LogP contribution in [0.4, 0.5) is 0 Å². The van der Waals surface area contributed by atoms with Crippen LogP contribution < -0.4 is 5.32 Å². The summed E-state index contributed by atoms with van der Waals surface area (Å²) in [5, 5.41) is 12.2. The van der Waals surface area contributed by atoms with Crippen molar-refractivity contribution >= 4 is 9.84 Å². The maximum Gasteiger partial charge on any atom is 0.153 e. The minimum Gasteiger partial charge on any atom is -0.508 e. The minimum absolute atomic E-state index is 0.0869. The van der Waals surface area contributed by atoms with Gasteiger partial charge in [-0.1, -0.05) is 12.1 Å².